The van der Waals surface area contributed by atoms with Crippen LogP contribution < -0.4 is 19.5 Å². The van der Waals surface area contributed by atoms with Gasteiger partial charge in [-0.1, -0.05) is 30.7 Å². The smallest absolute Gasteiger partial charge is 0.261 e. The molecule has 0 aliphatic heterocycles. The highest BCUT2D eigenvalue weighted by Crippen LogP contribution is 2.30. The summed E-state index contributed by atoms with van der Waals surface area (Å²) in [7, 11) is 1.61. The second-order valence-corrected chi connectivity index (χ2v) is 6.56. The van der Waals surface area contributed by atoms with E-state index < -0.39 is 6.10 Å². The van der Waals surface area contributed by atoms with Gasteiger partial charge in [0.2, 0.25) is 0 Å². The van der Waals surface area contributed by atoms with Crippen molar-refractivity contribution in [3.63, 3.8) is 0 Å². The summed E-state index contributed by atoms with van der Waals surface area (Å²) in [6.45, 7) is 8.37. The monoisotopic (exact) mass is 371 g/mol. The van der Waals surface area contributed by atoms with Crippen LogP contribution >= 0.6 is 0 Å². The molecule has 5 nitrogen and oxygen atoms in total. The first-order chi connectivity index (χ1) is 12.9. The number of nitrogens with one attached hydrogen (secondary N) is 1. The van der Waals surface area contributed by atoms with Crippen LogP contribution in [0.15, 0.2) is 42.5 Å². The largest absolute Gasteiger partial charge is 0.493 e. The van der Waals surface area contributed by atoms with Crippen LogP contribution in [-0.4, -0.2) is 25.7 Å². The molecule has 1 N–H and O–H groups in total. The minimum absolute atomic E-state index is 0.173. The molecule has 0 spiro atoms. The zero-order valence-electron chi connectivity index (χ0n) is 16.7. The summed E-state index contributed by atoms with van der Waals surface area (Å²) in [5.41, 5.74) is 2.08. The van der Waals surface area contributed by atoms with Crippen LogP contribution in [-0.2, 0) is 4.79 Å². The number of benzene rings is 2. The highest BCUT2D eigenvalue weighted by molar-refractivity contribution is 5.81. The normalized spacial score (nSPS) is 12.8. The molecule has 0 bridgehead atoms. The van der Waals surface area contributed by atoms with Gasteiger partial charge in [-0.2, -0.15) is 0 Å². The molecule has 0 heterocycles. The molecule has 2 aromatic rings. The summed E-state index contributed by atoms with van der Waals surface area (Å²) in [4.78, 5) is 12.5. The average Bonchev–Trinajstić information content (AvgIpc) is 2.67. The van der Waals surface area contributed by atoms with E-state index in [1.54, 1.807) is 14.0 Å². The van der Waals surface area contributed by atoms with Gasteiger partial charge in [0, 0.05) is 0 Å². The fourth-order valence-electron chi connectivity index (χ4n) is 2.57. The van der Waals surface area contributed by atoms with Crippen LogP contribution in [0.1, 0.15) is 44.4 Å². The molecular weight excluding hydrogens is 342 g/mol. The Hall–Kier alpha value is -2.69. The van der Waals surface area contributed by atoms with Crippen molar-refractivity contribution < 1.29 is 19.0 Å². The molecule has 27 heavy (non-hydrogen) atoms. The van der Waals surface area contributed by atoms with Crippen molar-refractivity contribution in [3.05, 3.63) is 53.6 Å². The van der Waals surface area contributed by atoms with Gasteiger partial charge in [-0.15, -0.1) is 0 Å². The van der Waals surface area contributed by atoms with Gasteiger partial charge < -0.3 is 19.5 Å². The van der Waals surface area contributed by atoms with Crippen LogP contribution in [0.2, 0.25) is 0 Å². The molecule has 0 fully saturated rings. The fourth-order valence-corrected chi connectivity index (χ4v) is 2.57. The number of hydrogen-bond acceptors (Lipinski definition) is 4. The number of ether oxygens (including phenoxy) is 3. The predicted octanol–water partition coefficient (Wildman–Crippen LogP) is 4.44. The van der Waals surface area contributed by atoms with Gasteiger partial charge >= 0.3 is 0 Å². The van der Waals surface area contributed by atoms with E-state index >= 15 is 0 Å². The fraction of sp³-hybridized carbons (Fsp3) is 0.409. The van der Waals surface area contributed by atoms with Gasteiger partial charge in [-0.3, -0.25) is 4.79 Å². The third kappa shape index (κ3) is 5.91. The summed E-state index contributed by atoms with van der Waals surface area (Å²) in [5.74, 6) is 1.87. The number of carbonyl (C=O) groups is 1. The maximum absolute atomic E-state index is 12.5. The summed E-state index contributed by atoms with van der Waals surface area (Å²) < 4.78 is 16.8. The number of aryl methyl sites for hydroxylation is 1. The molecular formula is C22H29NO4. The van der Waals surface area contributed by atoms with Crippen molar-refractivity contribution in [2.75, 3.05) is 13.7 Å². The highest BCUT2D eigenvalue weighted by Gasteiger charge is 2.19. The van der Waals surface area contributed by atoms with E-state index in [1.165, 1.54) is 0 Å². The van der Waals surface area contributed by atoms with Crippen molar-refractivity contribution in [2.24, 2.45) is 0 Å². The van der Waals surface area contributed by atoms with E-state index in [-0.39, 0.29) is 11.9 Å². The number of hydrogen-bond donors (Lipinski definition) is 1. The van der Waals surface area contributed by atoms with Crippen molar-refractivity contribution in [3.8, 4) is 17.2 Å². The molecule has 146 valence electrons. The van der Waals surface area contributed by atoms with E-state index in [0.717, 1.165) is 17.5 Å². The molecule has 2 aromatic carbocycles. The predicted molar refractivity (Wildman–Crippen MR) is 107 cm³/mol. The van der Waals surface area contributed by atoms with Crippen molar-refractivity contribution in [2.45, 2.75) is 46.3 Å². The number of carbonyl (C=O) groups excluding carboxylic acids is 1. The van der Waals surface area contributed by atoms with Gasteiger partial charge in [0.15, 0.2) is 17.6 Å². The van der Waals surface area contributed by atoms with Gasteiger partial charge in [-0.05, 0) is 57.0 Å². The lowest BCUT2D eigenvalue weighted by Crippen LogP contribution is -2.37. The Balaban J connectivity index is 1.99. The van der Waals surface area contributed by atoms with Crippen molar-refractivity contribution >= 4 is 5.91 Å². The lowest BCUT2D eigenvalue weighted by molar-refractivity contribution is -0.127. The summed E-state index contributed by atoms with van der Waals surface area (Å²) in [5, 5.41) is 2.98. The Bertz CT molecular complexity index is 742. The average molecular weight is 371 g/mol. The third-order valence-electron chi connectivity index (χ3n) is 4.21. The standard InChI is InChI=1S/C22H29NO4/c1-6-13-26-20-12-9-18(14-21(20)25-5)16(3)23-22(24)17(4)27-19-10-7-15(2)8-11-19/h7-12,14,16-17H,6,13H2,1-5H3,(H,23,24). The summed E-state index contributed by atoms with van der Waals surface area (Å²) in [6, 6.07) is 13.2. The van der Waals surface area contributed by atoms with Gasteiger partial charge in [-0.25, -0.2) is 0 Å². The molecule has 0 saturated carbocycles. The van der Waals surface area contributed by atoms with Crippen LogP contribution in [0.5, 0.6) is 17.2 Å². The first-order valence-corrected chi connectivity index (χ1v) is 9.29. The Morgan fingerprint density at radius 3 is 2.41 bits per heavy atom. The SMILES string of the molecule is CCCOc1ccc(C(C)NC(=O)C(C)Oc2ccc(C)cc2)cc1OC. The van der Waals surface area contributed by atoms with Crippen molar-refractivity contribution in [1.82, 2.24) is 5.32 Å². The lowest BCUT2D eigenvalue weighted by atomic mass is 10.1. The first-order valence-electron chi connectivity index (χ1n) is 9.29. The quantitative estimate of drug-likeness (QED) is 0.708. The zero-order valence-corrected chi connectivity index (χ0v) is 16.7. The second kappa shape index (κ2) is 9.86. The molecule has 0 aliphatic carbocycles. The van der Waals surface area contributed by atoms with Crippen LogP contribution in [0.25, 0.3) is 0 Å². The van der Waals surface area contributed by atoms with E-state index in [1.807, 2.05) is 56.3 Å². The third-order valence-corrected chi connectivity index (χ3v) is 4.21. The van der Waals surface area contributed by atoms with E-state index in [9.17, 15) is 4.79 Å². The van der Waals surface area contributed by atoms with Gasteiger partial charge in [0.25, 0.3) is 5.91 Å². The second-order valence-electron chi connectivity index (χ2n) is 6.56. The summed E-state index contributed by atoms with van der Waals surface area (Å²) >= 11 is 0. The number of methoxy groups -OCH3 is 1. The number of amides is 1. The zero-order chi connectivity index (χ0) is 19.8. The molecule has 1 amide bonds. The topological polar surface area (TPSA) is 56.8 Å². The van der Waals surface area contributed by atoms with Gasteiger partial charge in [0.1, 0.15) is 5.75 Å². The highest BCUT2D eigenvalue weighted by atomic mass is 16.5. The van der Waals surface area contributed by atoms with E-state index in [2.05, 4.69) is 12.2 Å². The van der Waals surface area contributed by atoms with Crippen LogP contribution in [0.4, 0.5) is 0 Å². The molecule has 5 heteroatoms. The molecule has 2 unspecified atom stereocenters. The Morgan fingerprint density at radius 2 is 1.78 bits per heavy atom. The summed E-state index contributed by atoms with van der Waals surface area (Å²) in [6.07, 6.45) is 0.334. The van der Waals surface area contributed by atoms with Crippen LogP contribution in [0, 0.1) is 6.92 Å². The lowest BCUT2D eigenvalue weighted by Gasteiger charge is -2.20. The molecule has 0 aromatic heterocycles. The minimum Gasteiger partial charge on any atom is -0.493 e. The molecule has 2 atom stereocenters. The van der Waals surface area contributed by atoms with Crippen molar-refractivity contribution in [1.29, 1.82) is 0 Å². The molecule has 2 rings (SSSR count). The number of rotatable bonds is 9. The van der Waals surface area contributed by atoms with E-state index in [0.29, 0.717) is 23.9 Å². The Labute approximate surface area is 161 Å². The molecule has 0 radical (unpaired) electrons. The minimum atomic E-state index is -0.593. The molecule has 0 saturated heterocycles. The first kappa shape index (κ1) is 20.6. The Kier molecular flexibility index (Phi) is 7.53. The van der Waals surface area contributed by atoms with Crippen LogP contribution in [0.3, 0.4) is 0 Å². The molecule has 0 aliphatic rings. The Morgan fingerprint density at radius 1 is 1.07 bits per heavy atom. The maximum Gasteiger partial charge on any atom is 0.261 e. The maximum atomic E-state index is 12.5. The van der Waals surface area contributed by atoms with E-state index in [4.69, 9.17) is 14.2 Å². The van der Waals surface area contributed by atoms with Gasteiger partial charge in [0.05, 0.1) is 19.8 Å².